The van der Waals surface area contributed by atoms with E-state index in [9.17, 15) is 14.4 Å². The Bertz CT molecular complexity index is 1330. The molecule has 2 fully saturated rings. The number of amides is 3. The van der Waals surface area contributed by atoms with E-state index in [-0.39, 0.29) is 41.1 Å². The Morgan fingerprint density at radius 2 is 1.74 bits per heavy atom. The van der Waals surface area contributed by atoms with Gasteiger partial charge in [0.05, 0.1) is 13.2 Å². The Kier molecular flexibility index (Phi) is 7.82. The van der Waals surface area contributed by atoms with E-state index in [0.717, 1.165) is 12.8 Å². The highest BCUT2D eigenvalue weighted by atomic mass is 16.5. The number of anilines is 3. The summed E-state index contributed by atoms with van der Waals surface area (Å²) in [6.07, 6.45) is 4.57. The van der Waals surface area contributed by atoms with Crippen LogP contribution in [0.3, 0.4) is 0 Å². The minimum Gasteiger partial charge on any atom is -0.378 e. The highest BCUT2D eigenvalue weighted by Gasteiger charge is 2.26. The van der Waals surface area contributed by atoms with E-state index in [1.807, 2.05) is 4.90 Å². The molecule has 14 nitrogen and oxygen atoms in total. The van der Waals surface area contributed by atoms with Gasteiger partial charge in [-0.05, 0) is 43.2 Å². The summed E-state index contributed by atoms with van der Waals surface area (Å²) in [7, 11) is 0. The minimum absolute atomic E-state index is 0.0702. The van der Waals surface area contributed by atoms with Crippen molar-refractivity contribution < 1.29 is 19.1 Å². The van der Waals surface area contributed by atoms with Crippen molar-refractivity contribution in [3.63, 3.8) is 0 Å². The second kappa shape index (κ2) is 11.8. The molecule has 1 aromatic carbocycles. The zero-order chi connectivity index (χ0) is 27.2. The van der Waals surface area contributed by atoms with Crippen LogP contribution in [0.4, 0.5) is 17.5 Å². The van der Waals surface area contributed by atoms with Gasteiger partial charge in [-0.15, -0.1) is 10.2 Å². The quantitative estimate of drug-likeness (QED) is 0.382. The van der Waals surface area contributed by atoms with E-state index in [0.29, 0.717) is 50.6 Å². The van der Waals surface area contributed by atoms with Crippen molar-refractivity contribution in [3.05, 3.63) is 59.8 Å². The van der Waals surface area contributed by atoms with Crippen LogP contribution in [0.15, 0.2) is 42.7 Å². The molecule has 3 aromatic rings. The molecule has 2 saturated heterocycles. The van der Waals surface area contributed by atoms with Gasteiger partial charge < -0.3 is 30.9 Å². The van der Waals surface area contributed by atoms with Crippen LogP contribution in [0.5, 0.6) is 0 Å². The number of hydrogen-bond acceptors (Lipinski definition) is 11. The summed E-state index contributed by atoms with van der Waals surface area (Å²) in [5, 5.41) is 14.2. The van der Waals surface area contributed by atoms with Crippen molar-refractivity contribution >= 4 is 35.2 Å². The molecule has 14 heteroatoms. The van der Waals surface area contributed by atoms with Crippen molar-refractivity contribution in [1.29, 1.82) is 0 Å². The van der Waals surface area contributed by atoms with E-state index in [1.165, 1.54) is 12.4 Å². The van der Waals surface area contributed by atoms with Gasteiger partial charge in [-0.3, -0.25) is 14.4 Å². The summed E-state index contributed by atoms with van der Waals surface area (Å²) in [4.78, 5) is 53.4. The van der Waals surface area contributed by atoms with Crippen LogP contribution in [0.2, 0.25) is 0 Å². The van der Waals surface area contributed by atoms with E-state index in [4.69, 9.17) is 10.5 Å². The van der Waals surface area contributed by atoms with Gasteiger partial charge in [-0.2, -0.15) is 4.98 Å². The number of aromatic nitrogens is 5. The van der Waals surface area contributed by atoms with Gasteiger partial charge in [0.25, 0.3) is 17.7 Å². The molecule has 1 unspecified atom stereocenters. The van der Waals surface area contributed by atoms with Gasteiger partial charge in [0, 0.05) is 55.9 Å². The maximum Gasteiger partial charge on any atom is 0.289 e. The van der Waals surface area contributed by atoms with Crippen LogP contribution >= 0.6 is 0 Å². The highest BCUT2D eigenvalue weighted by molar-refractivity contribution is 5.97. The molecule has 0 radical (unpaired) electrons. The lowest BCUT2D eigenvalue weighted by Gasteiger charge is -2.32. The smallest absolute Gasteiger partial charge is 0.289 e. The Balaban J connectivity index is 1.29. The summed E-state index contributed by atoms with van der Waals surface area (Å²) >= 11 is 0. The van der Waals surface area contributed by atoms with Gasteiger partial charge in [0.2, 0.25) is 11.8 Å². The fraction of sp³-hybridized carbons (Fsp3) is 0.360. The molecule has 0 spiro atoms. The molecule has 2 aliphatic rings. The number of carbonyl (C=O) groups excluding carboxylic acids is 3. The molecule has 4 N–H and O–H groups in total. The Morgan fingerprint density at radius 3 is 2.46 bits per heavy atom. The molecule has 39 heavy (non-hydrogen) atoms. The van der Waals surface area contributed by atoms with Gasteiger partial charge in [-0.1, -0.05) is 0 Å². The first-order valence-corrected chi connectivity index (χ1v) is 12.6. The van der Waals surface area contributed by atoms with Crippen LogP contribution in [0, 0.1) is 0 Å². The maximum absolute atomic E-state index is 12.7. The monoisotopic (exact) mass is 532 g/mol. The van der Waals surface area contributed by atoms with E-state index in [2.05, 4.69) is 35.8 Å². The van der Waals surface area contributed by atoms with Crippen LogP contribution in [-0.2, 0) is 4.74 Å². The van der Waals surface area contributed by atoms with Crippen molar-refractivity contribution in [2.45, 2.75) is 18.9 Å². The molecule has 0 bridgehead atoms. The molecule has 4 heterocycles. The average molecular weight is 533 g/mol. The normalized spacial score (nSPS) is 17.4. The first-order chi connectivity index (χ1) is 19.0. The number of ether oxygens (including phenoxy) is 1. The molecule has 3 amide bonds. The third-order valence-electron chi connectivity index (χ3n) is 6.41. The molecular weight excluding hydrogens is 504 g/mol. The predicted octanol–water partition coefficient (Wildman–Crippen LogP) is 0.375. The number of primary amides is 1. The summed E-state index contributed by atoms with van der Waals surface area (Å²) < 4.78 is 5.31. The Hall–Kier alpha value is -4.72. The predicted molar refractivity (Wildman–Crippen MR) is 140 cm³/mol. The second-order valence-electron chi connectivity index (χ2n) is 9.11. The minimum atomic E-state index is -0.783. The number of hydrogen-bond donors (Lipinski definition) is 3. The molecule has 0 saturated carbocycles. The SMILES string of the molecule is NC(=O)c1nnc(N2CCCC(NC(=O)c3ncccn3)C2)nc1Nc1ccc(C(=O)N2CCOCC2)cc1. The van der Waals surface area contributed by atoms with E-state index in [1.54, 1.807) is 35.2 Å². The van der Waals surface area contributed by atoms with E-state index < -0.39 is 5.91 Å². The van der Waals surface area contributed by atoms with Gasteiger partial charge in [0.1, 0.15) is 0 Å². The maximum atomic E-state index is 12.7. The van der Waals surface area contributed by atoms with Crippen LogP contribution in [-0.4, -0.2) is 93.2 Å². The lowest BCUT2D eigenvalue weighted by atomic mass is 10.1. The summed E-state index contributed by atoms with van der Waals surface area (Å²) in [6, 6.07) is 8.31. The van der Waals surface area contributed by atoms with Crippen molar-refractivity contribution in [3.8, 4) is 0 Å². The molecule has 2 aliphatic heterocycles. The van der Waals surface area contributed by atoms with Crippen LogP contribution in [0.25, 0.3) is 0 Å². The lowest BCUT2D eigenvalue weighted by molar-refractivity contribution is 0.0303. The number of rotatable bonds is 7. The standard InChI is InChI=1S/C25H28N10O4/c26-20(36)19-21(29-17-6-4-16(5-7-17)24(38)34-11-13-39-14-12-34)31-25(33-32-19)35-10-1-3-18(15-35)30-23(37)22-27-8-2-9-28-22/h2,4-9,18H,1,3,10-15H2,(H2,26,36)(H,30,37)(H,29,31,33). The van der Waals surface area contributed by atoms with Crippen LogP contribution in [0.1, 0.15) is 44.3 Å². The summed E-state index contributed by atoms with van der Waals surface area (Å²) in [5.41, 5.74) is 6.54. The zero-order valence-corrected chi connectivity index (χ0v) is 21.1. The van der Waals surface area contributed by atoms with E-state index >= 15 is 0 Å². The topological polar surface area (TPSA) is 181 Å². The first kappa shape index (κ1) is 25.9. The average Bonchev–Trinajstić information content (AvgIpc) is 2.98. The molecule has 2 aromatic heterocycles. The van der Waals surface area contributed by atoms with Gasteiger partial charge in [-0.25, -0.2) is 9.97 Å². The summed E-state index contributed by atoms with van der Waals surface area (Å²) in [6.45, 7) is 3.23. The van der Waals surface area contributed by atoms with Gasteiger partial charge >= 0.3 is 0 Å². The fourth-order valence-electron chi connectivity index (χ4n) is 4.43. The Morgan fingerprint density at radius 1 is 1.00 bits per heavy atom. The molecule has 5 rings (SSSR count). The number of morpholine rings is 1. The molecule has 0 aliphatic carbocycles. The number of nitrogens with one attached hydrogen (secondary N) is 2. The molecule has 202 valence electrons. The fourth-order valence-corrected chi connectivity index (χ4v) is 4.43. The third-order valence-corrected chi connectivity index (χ3v) is 6.41. The Labute approximate surface area is 224 Å². The van der Waals surface area contributed by atoms with Crippen molar-refractivity contribution in [2.75, 3.05) is 49.6 Å². The number of benzene rings is 1. The lowest BCUT2D eigenvalue weighted by Crippen LogP contribution is -2.48. The number of piperidine rings is 1. The van der Waals surface area contributed by atoms with Gasteiger partial charge in [0.15, 0.2) is 11.5 Å². The van der Waals surface area contributed by atoms with Crippen molar-refractivity contribution in [1.82, 2.24) is 35.4 Å². The molecule has 1 atom stereocenters. The van der Waals surface area contributed by atoms with Crippen molar-refractivity contribution in [2.24, 2.45) is 5.73 Å². The summed E-state index contributed by atoms with van der Waals surface area (Å²) in [5.74, 6) is -0.680. The largest absolute Gasteiger partial charge is 0.378 e. The first-order valence-electron chi connectivity index (χ1n) is 12.6. The molecular formula is C25H28N10O4. The highest BCUT2D eigenvalue weighted by Crippen LogP contribution is 2.22. The zero-order valence-electron chi connectivity index (χ0n) is 21.1. The van der Waals surface area contributed by atoms with Crippen LogP contribution < -0.4 is 21.3 Å². The number of nitrogens with zero attached hydrogens (tertiary/aromatic N) is 7. The number of nitrogens with two attached hydrogens (primary N) is 1. The third kappa shape index (κ3) is 6.23. The second-order valence-corrected chi connectivity index (χ2v) is 9.11. The number of carbonyl (C=O) groups is 3.